The quantitative estimate of drug-likeness (QED) is 0.378. The zero-order valence-corrected chi connectivity index (χ0v) is 18.3. The van der Waals surface area contributed by atoms with Crippen LogP contribution in [0.25, 0.3) is 11.5 Å². The Labute approximate surface area is 184 Å². The molecule has 1 aliphatic rings. The van der Waals surface area contributed by atoms with E-state index in [1.54, 1.807) is 32.5 Å². The number of sulfonamides is 1. The number of methoxy groups -OCH3 is 1. The monoisotopic (exact) mass is 461 g/mol. The molecule has 3 N–H and O–H groups in total. The number of hydrogen-bond acceptors (Lipinski definition) is 9. The molecule has 3 heterocycles. The number of carbonyl (C=O) groups is 1. The fourth-order valence-electron chi connectivity index (χ4n) is 2.87. The van der Waals surface area contributed by atoms with Gasteiger partial charge in [-0.1, -0.05) is 0 Å². The predicted molar refractivity (Wildman–Crippen MR) is 115 cm³/mol. The molecule has 0 saturated heterocycles. The number of rotatable bonds is 10. The smallest absolute Gasteiger partial charge is 0.277 e. The maximum atomic E-state index is 12.7. The molecule has 12 nitrogen and oxygen atoms in total. The van der Waals surface area contributed by atoms with Crippen LogP contribution in [0, 0.1) is 0 Å². The second kappa shape index (κ2) is 9.06. The number of oxazole rings is 1. The van der Waals surface area contributed by atoms with Gasteiger partial charge in [0.15, 0.2) is 5.69 Å². The molecule has 1 saturated carbocycles. The summed E-state index contributed by atoms with van der Waals surface area (Å²) in [7, 11) is -0.670. The molecule has 13 heteroatoms. The first-order valence-electron chi connectivity index (χ1n) is 9.88. The second-order valence-electron chi connectivity index (χ2n) is 7.26. The number of carbonyl (C=O) groups excluding carboxylic acids is 1. The number of aryl methyl sites for hydroxylation is 1. The predicted octanol–water partition coefficient (Wildman–Crippen LogP) is 1.22. The number of nitrogens with zero attached hydrogens (tertiary/aromatic N) is 4. The molecule has 170 valence electrons. The first-order valence-corrected chi connectivity index (χ1v) is 11.4. The molecule has 32 heavy (non-hydrogen) atoms. The van der Waals surface area contributed by atoms with Gasteiger partial charge in [-0.05, 0) is 25.0 Å². The Morgan fingerprint density at radius 3 is 2.94 bits per heavy atom. The van der Waals surface area contributed by atoms with Gasteiger partial charge in [0.2, 0.25) is 10.9 Å². The van der Waals surface area contributed by atoms with Crippen molar-refractivity contribution in [2.75, 3.05) is 30.9 Å². The van der Waals surface area contributed by atoms with Crippen molar-refractivity contribution >= 4 is 27.4 Å². The van der Waals surface area contributed by atoms with Crippen molar-refractivity contribution in [3.8, 4) is 11.5 Å². The van der Waals surface area contributed by atoms with Gasteiger partial charge in [0, 0.05) is 44.7 Å². The summed E-state index contributed by atoms with van der Waals surface area (Å²) < 4.78 is 39.4. The Morgan fingerprint density at radius 2 is 2.19 bits per heavy atom. The van der Waals surface area contributed by atoms with Crippen molar-refractivity contribution in [2.24, 2.45) is 7.05 Å². The third-order valence-electron chi connectivity index (χ3n) is 4.55. The molecule has 0 radical (unpaired) electrons. The van der Waals surface area contributed by atoms with Gasteiger partial charge in [-0.3, -0.25) is 9.48 Å². The molecule has 1 aliphatic carbocycles. The van der Waals surface area contributed by atoms with Crippen molar-refractivity contribution in [2.45, 2.75) is 23.9 Å². The average molecular weight is 462 g/mol. The van der Waals surface area contributed by atoms with Gasteiger partial charge in [0.1, 0.15) is 17.8 Å². The summed E-state index contributed by atoms with van der Waals surface area (Å²) in [5.41, 5.74) is 0.675. The van der Waals surface area contributed by atoms with Crippen LogP contribution < -0.4 is 15.4 Å². The number of pyridine rings is 1. The van der Waals surface area contributed by atoms with E-state index >= 15 is 0 Å². The lowest BCUT2D eigenvalue weighted by molar-refractivity contribution is 0.102. The number of amides is 1. The van der Waals surface area contributed by atoms with Crippen LogP contribution in [0.4, 0.5) is 11.5 Å². The van der Waals surface area contributed by atoms with Crippen LogP contribution in [0.3, 0.4) is 0 Å². The van der Waals surface area contributed by atoms with E-state index in [0.29, 0.717) is 24.5 Å². The van der Waals surface area contributed by atoms with Crippen LogP contribution in [0.5, 0.6) is 0 Å². The Balaban J connectivity index is 1.49. The highest BCUT2D eigenvalue weighted by molar-refractivity contribution is 7.89. The van der Waals surface area contributed by atoms with Crippen LogP contribution >= 0.6 is 0 Å². The zero-order chi connectivity index (χ0) is 22.7. The lowest BCUT2D eigenvalue weighted by Gasteiger charge is -2.06. The SMILES string of the molecule is COCCNc1cc(-c2nc(C(=O)Nc3cn(C)nc3S(=O)(=O)NC3CC3)co2)ccn1. The molecular weight excluding hydrogens is 438 g/mol. The number of ether oxygens (including phenoxy) is 1. The normalized spacial score (nSPS) is 13.8. The minimum Gasteiger partial charge on any atom is -0.444 e. The molecule has 1 fully saturated rings. The van der Waals surface area contributed by atoms with Crippen molar-refractivity contribution in [3.05, 3.63) is 36.5 Å². The zero-order valence-electron chi connectivity index (χ0n) is 17.5. The first kappa shape index (κ1) is 21.9. The molecule has 0 spiro atoms. The van der Waals surface area contributed by atoms with Crippen LogP contribution in [-0.2, 0) is 21.8 Å². The molecular formula is C19H23N7O5S. The summed E-state index contributed by atoms with van der Waals surface area (Å²) >= 11 is 0. The lowest BCUT2D eigenvalue weighted by atomic mass is 10.2. The molecule has 0 bridgehead atoms. The summed E-state index contributed by atoms with van der Waals surface area (Å²) in [5, 5.41) is 9.40. The summed E-state index contributed by atoms with van der Waals surface area (Å²) in [6.07, 6.45) is 5.79. The Kier molecular flexibility index (Phi) is 6.21. The van der Waals surface area contributed by atoms with E-state index in [4.69, 9.17) is 9.15 Å². The third kappa shape index (κ3) is 5.12. The Morgan fingerprint density at radius 1 is 1.38 bits per heavy atom. The standard InChI is InChI=1S/C19H23N7O5S/c1-26-10-14(19(24-26)32(28,29)25-13-3-4-13)22-17(27)15-11-31-18(23-15)12-5-6-20-16(9-12)21-7-8-30-2/h5-6,9-11,13,25H,3-4,7-8H2,1-2H3,(H,20,21)(H,22,27). The largest absolute Gasteiger partial charge is 0.444 e. The molecule has 0 aliphatic heterocycles. The van der Waals surface area contributed by atoms with Crippen molar-refractivity contribution in [1.82, 2.24) is 24.5 Å². The minimum absolute atomic E-state index is 0.00643. The van der Waals surface area contributed by atoms with Crippen molar-refractivity contribution in [3.63, 3.8) is 0 Å². The topological polar surface area (TPSA) is 153 Å². The van der Waals surface area contributed by atoms with E-state index in [9.17, 15) is 13.2 Å². The van der Waals surface area contributed by atoms with E-state index in [-0.39, 0.29) is 28.3 Å². The van der Waals surface area contributed by atoms with Crippen LogP contribution in [-0.4, -0.2) is 60.4 Å². The molecule has 0 aromatic carbocycles. The summed E-state index contributed by atoms with van der Waals surface area (Å²) in [6, 6.07) is 3.35. The summed E-state index contributed by atoms with van der Waals surface area (Å²) in [4.78, 5) is 21.1. The van der Waals surface area contributed by atoms with E-state index in [0.717, 1.165) is 12.8 Å². The van der Waals surface area contributed by atoms with Gasteiger partial charge in [-0.15, -0.1) is 0 Å². The highest BCUT2D eigenvalue weighted by Gasteiger charge is 2.32. The summed E-state index contributed by atoms with van der Waals surface area (Å²) in [5.74, 6) is 0.210. The van der Waals surface area contributed by atoms with E-state index in [1.807, 2.05) is 0 Å². The Hall–Kier alpha value is -3.29. The third-order valence-corrected chi connectivity index (χ3v) is 6.01. The Bertz CT molecular complexity index is 1220. The molecule has 3 aromatic heterocycles. The molecule has 3 aromatic rings. The van der Waals surface area contributed by atoms with E-state index < -0.39 is 15.9 Å². The number of nitrogens with one attached hydrogen (secondary N) is 3. The number of hydrogen-bond donors (Lipinski definition) is 3. The molecule has 0 unspecified atom stereocenters. The summed E-state index contributed by atoms with van der Waals surface area (Å²) in [6.45, 7) is 1.11. The molecule has 1 amide bonds. The fourth-order valence-corrected chi connectivity index (χ4v) is 4.28. The van der Waals surface area contributed by atoms with Gasteiger partial charge in [0.25, 0.3) is 15.9 Å². The van der Waals surface area contributed by atoms with Gasteiger partial charge in [-0.2, -0.15) is 5.10 Å². The van der Waals surface area contributed by atoms with Crippen molar-refractivity contribution in [1.29, 1.82) is 0 Å². The van der Waals surface area contributed by atoms with E-state index in [2.05, 4.69) is 30.4 Å². The second-order valence-corrected chi connectivity index (χ2v) is 8.89. The minimum atomic E-state index is -3.85. The highest BCUT2D eigenvalue weighted by Crippen LogP contribution is 2.26. The van der Waals surface area contributed by atoms with Gasteiger partial charge in [-0.25, -0.2) is 23.1 Å². The van der Waals surface area contributed by atoms with Crippen LogP contribution in [0.15, 0.2) is 40.2 Å². The maximum absolute atomic E-state index is 12.7. The fraction of sp³-hybridized carbons (Fsp3) is 0.368. The van der Waals surface area contributed by atoms with Crippen LogP contribution in [0.2, 0.25) is 0 Å². The van der Waals surface area contributed by atoms with Gasteiger partial charge in [0.05, 0.1) is 6.61 Å². The number of aromatic nitrogens is 4. The maximum Gasteiger partial charge on any atom is 0.277 e. The van der Waals surface area contributed by atoms with Crippen molar-refractivity contribution < 1.29 is 22.4 Å². The molecule has 0 atom stereocenters. The van der Waals surface area contributed by atoms with E-state index in [1.165, 1.54) is 17.1 Å². The van der Waals surface area contributed by atoms with Gasteiger partial charge < -0.3 is 19.8 Å². The number of anilines is 2. The molecule has 4 rings (SSSR count). The van der Waals surface area contributed by atoms with Crippen LogP contribution in [0.1, 0.15) is 23.3 Å². The first-order chi connectivity index (χ1) is 15.4. The lowest BCUT2D eigenvalue weighted by Crippen LogP contribution is -2.27. The average Bonchev–Trinajstić information content (AvgIpc) is 3.26. The van der Waals surface area contributed by atoms with Gasteiger partial charge >= 0.3 is 0 Å². The highest BCUT2D eigenvalue weighted by atomic mass is 32.2.